The van der Waals surface area contributed by atoms with Gasteiger partial charge in [0, 0.05) is 23.8 Å². The highest BCUT2D eigenvalue weighted by Gasteiger charge is 2.35. The number of aryl methyl sites for hydroxylation is 1. The van der Waals surface area contributed by atoms with Crippen molar-refractivity contribution in [1.29, 1.82) is 0 Å². The largest absolute Gasteiger partial charge is 0.368 e. The topological polar surface area (TPSA) is 20.3 Å². The number of benzene rings is 1. The van der Waals surface area contributed by atoms with E-state index < -0.39 is 0 Å². The maximum absolute atomic E-state index is 10.9. The van der Waals surface area contributed by atoms with E-state index in [1.165, 1.54) is 44.3 Å². The van der Waals surface area contributed by atoms with Crippen LogP contribution in [-0.4, -0.2) is 18.9 Å². The summed E-state index contributed by atoms with van der Waals surface area (Å²) >= 11 is 0. The highest BCUT2D eigenvalue weighted by molar-refractivity contribution is 5.78. The molecule has 2 aliphatic rings. The molecule has 0 bridgehead atoms. The second-order valence-electron chi connectivity index (χ2n) is 5.75. The molecule has 18 heavy (non-hydrogen) atoms. The summed E-state index contributed by atoms with van der Waals surface area (Å²) in [4.78, 5) is 13.4. The molecule has 1 aliphatic heterocycles. The molecule has 2 unspecified atom stereocenters. The van der Waals surface area contributed by atoms with E-state index >= 15 is 0 Å². The van der Waals surface area contributed by atoms with Crippen LogP contribution in [0.2, 0.25) is 0 Å². The average molecular weight is 243 g/mol. The van der Waals surface area contributed by atoms with Crippen LogP contribution in [0.3, 0.4) is 0 Å². The molecule has 96 valence electrons. The lowest BCUT2D eigenvalue weighted by Gasteiger charge is -2.33. The SMILES string of the molecule is Cc1cc(N2CCC3CCCCC32)ccc1C=O. The number of rotatable bonds is 2. The second kappa shape index (κ2) is 4.75. The Hall–Kier alpha value is -1.31. The molecule has 0 spiro atoms. The minimum absolute atomic E-state index is 0.750. The Labute approximate surface area is 109 Å². The molecule has 1 aromatic carbocycles. The Morgan fingerprint density at radius 2 is 2.06 bits per heavy atom. The van der Waals surface area contributed by atoms with Gasteiger partial charge in [-0.15, -0.1) is 0 Å². The van der Waals surface area contributed by atoms with E-state index in [4.69, 9.17) is 0 Å². The Morgan fingerprint density at radius 1 is 1.22 bits per heavy atom. The molecular weight excluding hydrogens is 222 g/mol. The van der Waals surface area contributed by atoms with Gasteiger partial charge >= 0.3 is 0 Å². The minimum Gasteiger partial charge on any atom is -0.368 e. The highest BCUT2D eigenvalue weighted by atomic mass is 16.1. The van der Waals surface area contributed by atoms with Gasteiger partial charge in [0.25, 0.3) is 0 Å². The first-order valence-electron chi connectivity index (χ1n) is 7.12. The summed E-state index contributed by atoms with van der Waals surface area (Å²) < 4.78 is 0. The molecule has 0 radical (unpaired) electrons. The van der Waals surface area contributed by atoms with Crippen molar-refractivity contribution in [3.8, 4) is 0 Å². The van der Waals surface area contributed by atoms with E-state index in [0.717, 1.165) is 29.4 Å². The molecule has 1 aromatic rings. The normalized spacial score (nSPS) is 27.1. The fourth-order valence-electron chi connectivity index (χ4n) is 3.70. The number of fused-ring (bicyclic) bond motifs is 1. The Kier molecular flexibility index (Phi) is 3.11. The molecule has 0 amide bonds. The summed E-state index contributed by atoms with van der Waals surface area (Å²) in [6, 6.07) is 7.02. The molecule has 0 aromatic heterocycles. The van der Waals surface area contributed by atoms with Crippen molar-refractivity contribution in [3.05, 3.63) is 29.3 Å². The number of carbonyl (C=O) groups is 1. The van der Waals surface area contributed by atoms with Gasteiger partial charge in [-0.2, -0.15) is 0 Å². The standard InChI is InChI=1S/C16H21NO/c1-12-10-15(7-6-14(12)11-18)17-9-8-13-4-2-3-5-16(13)17/h6-7,10-11,13,16H,2-5,8-9H2,1H3. The highest BCUT2D eigenvalue weighted by Crippen LogP contribution is 2.39. The second-order valence-corrected chi connectivity index (χ2v) is 5.75. The van der Waals surface area contributed by atoms with Crippen LogP contribution in [0.5, 0.6) is 0 Å². The summed E-state index contributed by atoms with van der Waals surface area (Å²) in [6.45, 7) is 3.22. The van der Waals surface area contributed by atoms with E-state index in [-0.39, 0.29) is 0 Å². The first-order chi connectivity index (χ1) is 8.79. The smallest absolute Gasteiger partial charge is 0.150 e. The molecule has 1 saturated heterocycles. The van der Waals surface area contributed by atoms with Gasteiger partial charge in [-0.25, -0.2) is 0 Å². The number of aldehydes is 1. The van der Waals surface area contributed by atoms with E-state index in [0.29, 0.717) is 0 Å². The van der Waals surface area contributed by atoms with Gasteiger partial charge in [-0.1, -0.05) is 12.8 Å². The molecule has 0 N–H and O–H groups in total. The third kappa shape index (κ3) is 1.94. The zero-order valence-corrected chi connectivity index (χ0v) is 11.1. The molecule has 2 nitrogen and oxygen atoms in total. The zero-order valence-electron chi connectivity index (χ0n) is 11.1. The van der Waals surface area contributed by atoms with Gasteiger partial charge in [0.15, 0.2) is 0 Å². The van der Waals surface area contributed by atoms with Crippen molar-refractivity contribution in [2.75, 3.05) is 11.4 Å². The number of carbonyl (C=O) groups excluding carboxylic acids is 1. The average Bonchev–Trinajstić information content (AvgIpc) is 2.82. The third-order valence-electron chi connectivity index (χ3n) is 4.72. The van der Waals surface area contributed by atoms with Crippen molar-refractivity contribution >= 4 is 12.0 Å². The van der Waals surface area contributed by atoms with Crippen LogP contribution in [0.15, 0.2) is 18.2 Å². The van der Waals surface area contributed by atoms with Crippen molar-refractivity contribution in [3.63, 3.8) is 0 Å². The molecule has 2 atom stereocenters. The van der Waals surface area contributed by atoms with Crippen LogP contribution in [0.25, 0.3) is 0 Å². The maximum atomic E-state index is 10.9. The van der Waals surface area contributed by atoms with Crippen molar-refractivity contribution in [2.45, 2.75) is 45.1 Å². The van der Waals surface area contributed by atoms with Gasteiger partial charge in [0.2, 0.25) is 0 Å². The Morgan fingerprint density at radius 3 is 2.83 bits per heavy atom. The summed E-state index contributed by atoms with van der Waals surface area (Å²) in [5, 5.41) is 0. The number of hydrogen-bond acceptors (Lipinski definition) is 2. The van der Waals surface area contributed by atoms with Crippen LogP contribution >= 0.6 is 0 Å². The fourth-order valence-corrected chi connectivity index (χ4v) is 3.70. The molecule has 1 aliphatic carbocycles. The molecule has 2 heteroatoms. The monoisotopic (exact) mass is 243 g/mol. The van der Waals surface area contributed by atoms with Crippen LogP contribution in [0.1, 0.15) is 48.0 Å². The van der Waals surface area contributed by atoms with Gasteiger partial charge < -0.3 is 4.90 Å². The van der Waals surface area contributed by atoms with Crippen LogP contribution < -0.4 is 4.90 Å². The van der Waals surface area contributed by atoms with E-state index in [1.54, 1.807) is 0 Å². The quantitative estimate of drug-likeness (QED) is 0.740. The molecular formula is C16H21NO. The lowest BCUT2D eigenvalue weighted by atomic mass is 9.85. The van der Waals surface area contributed by atoms with Gasteiger partial charge in [0.05, 0.1) is 0 Å². The van der Waals surface area contributed by atoms with Gasteiger partial charge in [0.1, 0.15) is 6.29 Å². The molecule has 1 saturated carbocycles. The Bertz CT molecular complexity index is 454. The van der Waals surface area contributed by atoms with Crippen LogP contribution in [-0.2, 0) is 0 Å². The van der Waals surface area contributed by atoms with Crippen molar-refractivity contribution < 1.29 is 4.79 Å². The van der Waals surface area contributed by atoms with Crippen molar-refractivity contribution in [2.24, 2.45) is 5.92 Å². The first kappa shape index (κ1) is 11.8. The fraction of sp³-hybridized carbons (Fsp3) is 0.562. The predicted octanol–water partition coefficient (Wildman–Crippen LogP) is 3.58. The number of anilines is 1. The van der Waals surface area contributed by atoms with Crippen LogP contribution in [0.4, 0.5) is 5.69 Å². The predicted molar refractivity (Wildman–Crippen MR) is 74.3 cm³/mol. The summed E-state index contributed by atoms with van der Waals surface area (Å²) in [5.41, 5.74) is 3.23. The lowest BCUT2D eigenvalue weighted by Crippen LogP contribution is -2.34. The zero-order chi connectivity index (χ0) is 12.5. The molecule has 2 fully saturated rings. The summed E-state index contributed by atoms with van der Waals surface area (Å²) in [7, 11) is 0. The van der Waals surface area contributed by atoms with Gasteiger partial charge in [-0.05, 0) is 55.9 Å². The van der Waals surface area contributed by atoms with Crippen molar-refractivity contribution in [1.82, 2.24) is 0 Å². The number of nitrogens with zero attached hydrogens (tertiary/aromatic N) is 1. The Balaban J connectivity index is 1.86. The molecule has 3 rings (SSSR count). The number of hydrogen-bond donors (Lipinski definition) is 0. The van der Waals surface area contributed by atoms with E-state index in [2.05, 4.69) is 17.0 Å². The van der Waals surface area contributed by atoms with E-state index in [9.17, 15) is 4.79 Å². The summed E-state index contributed by atoms with van der Waals surface area (Å²) in [6.07, 6.45) is 7.85. The first-order valence-corrected chi connectivity index (χ1v) is 7.12. The maximum Gasteiger partial charge on any atom is 0.150 e. The van der Waals surface area contributed by atoms with E-state index in [1.807, 2.05) is 13.0 Å². The lowest BCUT2D eigenvalue weighted by molar-refractivity contribution is 0.112. The summed E-state index contributed by atoms with van der Waals surface area (Å²) in [5.74, 6) is 0.907. The third-order valence-corrected chi connectivity index (χ3v) is 4.72. The van der Waals surface area contributed by atoms with Crippen LogP contribution in [0, 0.1) is 12.8 Å². The molecule has 1 heterocycles. The van der Waals surface area contributed by atoms with Gasteiger partial charge in [-0.3, -0.25) is 4.79 Å². The minimum atomic E-state index is 0.750.